The van der Waals surface area contributed by atoms with Crippen molar-refractivity contribution < 1.29 is 4.52 Å². The third-order valence-electron chi connectivity index (χ3n) is 2.84. The molecule has 1 fully saturated rings. The standard InChI is InChI=1S/C11H12BrN3OS.ClH/c12-7-5-9(17-6-7)10-14-11(16-15-10)8-3-1-2-4-13-8;/h5-6,8,13H,1-4H2;1H/t8-;/m1./s1. The quantitative estimate of drug-likeness (QED) is 0.895. The summed E-state index contributed by atoms with van der Waals surface area (Å²) in [4.78, 5) is 5.50. The molecule has 2 aromatic rings. The molecule has 0 aromatic carbocycles. The average Bonchev–Trinajstić information content (AvgIpc) is 2.98. The number of thiophene rings is 1. The highest BCUT2D eigenvalue weighted by atomic mass is 79.9. The van der Waals surface area contributed by atoms with Crippen molar-refractivity contribution in [1.82, 2.24) is 15.5 Å². The van der Waals surface area contributed by atoms with E-state index in [4.69, 9.17) is 4.52 Å². The minimum absolute atomic E-state index is 0. The summed E-state index contributed by atoms with van der Waals surface area (Å²) in [5.74, 6) is 1.40. The molecule has 0 radical (unpaired) electrons. The van der Waals surface area contributed by atoms with Crippen LogP contribution in [0.4, 0.5) is 0 Å². The number of rotatable bonds is 2. The maximum Gasteiger partial charge on any atom is 0.244 e. The van der Waals surface area contributed by atoms with Crippen LogP contribution in [0.1, 0.15) is 31.2 Å². The second kappa shape index (κ2) is 6.14. The summed E-state index contributed by atoms with van der Waals surface area (Å²) in [7, 11) is 0. The van der Waals surface area contributed by atoms with Crippen molar-refractivity contribution in [3.8, 4) is 10.7 Å². The molecule has 1 atom stereocenters. The summed E-state index contributed by atoms with van der Waals surface area (Å²) in [6.45, 7) is 1.03. The maximum absolute atomic E-state index is 5.34. The Balaban J connectivity index is 0.00000120. The Kier molecular flexibility index (Phi) is 4.77. The Hall–Kier alpha value is -0.430. The van der Waals surface area contributed by atoms with E-state index in [1.807, 2.05) is 11.4 Å². The normalized spacial score (nSPS) is 19.5. The molecule has 0 saturated carbocycles. The minimum atomic E-state index is 0. The molecule has 3 heterocycles. The highest BCUT2D eigenvalue weighted by molar-refractivity contribution is 9.10. The molecule has 1 saturated heterocycles. The lowest BCUT2D eigenvalue weighted by Gasteiger charge is -2.19. The highest BCUT2D eigenvalue weighted by Gasteiger charge is 2.21. The van der Waals surface area contributed by atoms with Gasteiger partial charge < -0.3 is 9.84 Å². The van der Waals surface area contributed by atoms with E-state index in [1.165, 1.54) is 12.8 Å². The first-order valence-corrected chi connectivity index (χ1v) is 7.31. The van der Waals surface area contributed by atoms with Gasteiger partial charge in [0.15, 0.2) is 0 Å². The molecule has 7 heteroatoms. The average molecular weight is 351 g/mol. The fourth-order valence-electron chi connectivity index (χ4n) is 1.97. The molecular weight excluding hydrogens is 338 g/mol. The Morgan fingerprint density at radius 2 is 2.33 bits per heavy atom. The van der Waals surface area contributed by atoms with Crippen molar-refractivity contribution in [2.24, 2.45) is 0 Å². The van der Waals surface area contributed by atoms with Gasteiger partial charge in [-0.1, -0.05) is 11.6 Å². The Morgan fingerprint density at radius 3 is 3.00 bits per heavy atom. The van der Waals surface area contributed by atoms with Gasteiger partial charge in [-0.05, 0) is 41.4 Å². The van der Waals surface area contributed by atoms with Gasteiger partial charge >= 0.3 is 0 Å². The largest absolute Gasteiger partial charge is 0.337 e. The lowest BCUT2D eigenvalue weighted by atomic mass is 10.1. The summed E-state index contributed by atoms with van der Waals surface area (Å²) in [5, 5.41) is 9.46. The first-order chi connectivity index (χ1) is 8.33. The molecule has 0 aliphatic carbocycles. The van der Waals surface area contributed by atoms with E-state index in [0.717, 1.165) is 22.3 Å². The van der Waals surface area contributed by atoms with Gasteiger partial charge in [-0.2, -0.15) is 4.98 Å². The van der Waals surface area contributed by atoms with Crippen molar-refractivity contribution in [2.75, 3.05) is 6.54 Å². The maximum atomic E-state index is 5.34. The smallest absolute Gasteiger partial charge is 0.244 e. The molecule has 0 unspecified atom stereocenters. The van der Waals surface area contributed by atoms with Crippen LogP contribution >= 0.6 is 39.7 Å². The first kappa shape index (κ1) is 14.0. The number of nitrogens with one attached hydrogen (secondary N) is 1. The fraction of sp³-hybridized carbons (Fsp3) is 0.455. The molecule has 2 aromatic heterocycles. The Labute approximate surface area is 124 Å². The zero-order valence-electron chi connectivity index (χ0n) is 9.56. The second-order valence-electron chi connectivity index (χ2n) is 4.09. The molecule has 0 spiro atoms. The molecule has 0 amide bonds. The number of hydrogen-bond acceptors (Lipinski definition) is 5. The zero-order valence-corrected chi connectivity index (χ0v) is 12.8. The highest BCUT2D eigenvalue weighted by Crippen LogP contribution is 2.29. The van der Waals surface area contributed by atoms with Crippen LogP contribution in [-0.4, -0.2) is 16.7 Å². The molecule has 4 nitrogen and oxygen atoms in total. The Bertz CT molecular complexity index is 510. The number of piperidine rings is 1. The van der Waals surface area contributed by atoms with Gasteiger partial charge in [-0.25, -0.2) is 0 Å². The summed E-state index contributed by atoms with van der Waals surface area (Å²) in [6.07, 6.45) is 3.53. The second-order valence-corrected chi connectivity index (χ2v) is 5.91. The van der Waals surface area contributed by atoms with Gasteiger partial charge in [0.1, 0.15) is 0 Å². The summed E-state index contributed by atoms with van der Waals surface area (Å²) in [5.41, 5.74) is 0. The molecule has 1 aliphatic heterocycles. The van der Waals surface area contributed by atoms with Crippen molar-refractivity contribution in [3.05, 3.63) is 21.8 Å². The third kappa shape index (κ3) is 2.93. The molecule has 1 aliphatic rings. The lowest BCUT2D eigenvalue weighted by molar-refractivity contribution is 0.297. The Morgan fingerprint density at radius 1 is 1.44 bits per heavy atom. The van der Waals surface area contributed by atoms with E-state index in [2.05, 4.69) is 31.4 Å². The van der Waals surface area contributed by atoms with Crippen molar-refractivity contribution in [1.29, 1.82) is 0 Å². The van der Waals surface area contributed by atoms with Crippen LogP contribution < -0.4 is 5.32 Å². The van der Waals surface area contributed by atoms with Gasteiger partial charge in [0, 0.05) is 9.85 Å². The van der Waals surface area contributed by atoms with E-state index in [0.29, 0.717) is 11.7 Å². The predicted molar refractivity (Wildman–Crippen MR) is 77.2 cm³/mol. The monoisotopic (exact) mass is 349 g/mol. The van der Waals surface area contributed by atoms with Gasteiger partial charge in [-0.15, -0.1) is 23.7 Å². The molecule has 98 valence electrons. The van der Waals surface area contributed by atoms with Crippen LogP contribution in [0.3, 0.4) is 0 Å². The number of hydrogen-bond donors (Lipinski definition) is 1. The van der Waals surface area contributed by atoms with Crippen molar-refractivity contribution in [3.63, 3.8) is 0 Å². The zero-order chi connectivity index (χ0) is 11.7. The van der Waals surface area contributed by atoms with Crippen LogP contribution in [0.15, 0.2) is 20.4 Å². The van der Waals surface area contributed by atoms with Crippen LogP contribution in [0.25, 0.3) is 10.7 Å². The summed E-state index contributed by atoms with van der Waals surface area (Å²) in [6, 6.07) is 2.24. The SMILES string of the molecule is Brc1csc(-c2noc([C@H]3CCCCN3)n2)c1.Cl. The number of nitrogens with zero attached hydrogens (tertiary/aromatic N) is 2. The van der Waals surface area contributed by atoms with E-state index < -0.39 is 0 Å². The van der Waals surface area contributed by atoms with E-state index in [-0.39, 0.29) is 18.4 Å². The van der Waals surface area contributed by atoms with E-state index in [1.54, 1.807) is 11.3 Å². The molecule has 1 N–H and O–H groups in total. The van der Waals surface area contributed by atoms with Gasteiger partial charge in [0.2, 0.25) is 11.7 Å². The number of halogens is 2. The van der Waals surface area contributed by atoms with Gasteiger partial charge in [-0.3, -0.25) is 0 Å². The molecular formula is C11H13BrClN3OS. The molecule has 0 bridgehead atoms. The molecule has 18 heavy (non-hydrogen) atoms. The van der Waals surface area contributed by atoms with Crippen LogP contribution in [0.5, 0.6) is 0 Å². The minimum Gasteiger partial charge on any atom is -0.337 e. The predicted octanol–water partition coefficient (Wildman–Crippen LogP) is 3.80. The topological polar surface area (TPSA) is 51.0 Å². The third-order valence-corrected chi connectivity index (χ3v) is 4.53. The van der Waals surface area contributed by atoms with E-state index >= 15 is 0 Å². The lowest BCUT2D eigenvalue weighted by Crippen LogP contribution is -2.26. The van der Waals surface area contributed by atoms with Crippen LogP contribution in [-0.2, 0) is 0 Å². The summed E-state index contributed by atoms with van der Waals surface area (Å²) >= 11 is 5.04. The van der Waals surface area contributed by atoms with E-state index in [9.17, 15) is 0 Å². The van der Waals surface area contributed by atoms with Crippen molar-refractivity contribution >= 4 is 39.7 Å². The first-order valence-electron chi connectivity index (χ1n) is 5.64. The number of aromatic nitrogens is 2. The van der Waals surface area contributed by atoms with Crippen LogP contribution in [0, 0.1) is 0 Å². The fourth-order valence-corrected chi connectivity index (χ4v) is 3.32. The van der Waals surface area contributed by atoms with Gasteiger partial charge in [0.25, 0.3) is 0 Å². The molecule has 3 rings (SSSR count). The summed E-state index contributed by atoms with van der Waals surface area (Å²) < 4.78 is 6.39. The van der Waals surface area contributed by atoms with Crippen molar-refractivity contribution in [2.45, 2.75) is 25.3 Å². The van der Waals surface area contributed by atoms with Crippen LogP contribution in [0.2, 0.25) is 0 Å². The van der Waals surface area contributed by atoms with Gasteiger partial charge in [0.05, 0.1) is 10.9 Å².